The summed E-state index contributed by atoms with van der Waals surface area (Å²) >= 11 is 1.54. The molecule has 2 aromatic heterocycles. The third kappa shape index (κ3) is 4.74. The molecule has 1 aliphatic carbocycles. The summed E-state index contributed by atoms with van der Waals surface area (Å²) in [6.45, 7) is 2.12. The van der Waals surface area contributed by atoms with E-state index in [1.165, 1.54) is 11.3 Å². The van der Waals surface area contributed by atoms with Gasteiger partial charge in [0.15, 0.2) is 0 Å². The van der Waals surface area contributed by atoms with Gasteiger partial charge in [0.25, 0.3) is 0 Å². The Morgan fingerprint density at radius 3 is 2.81 bits per heavy atom. The van der Waals surface area contributed by atoms with E-state index in [1.807, 2.05) is 17.5 Å². The molecule has 0 saturated heterocycles. The zero-order valence-corrected chi connectivity index (χ0v) is 16.3. The van der Waals surface area contributed by atoms with E-state index in [0.717, 1.165) is 24.1 Å². The molecule has 2 aromatic rings. The van der Waals surface area contributed by atoms with Crippen LogP contribution >= 0.6 is 11.3 Å². The normalized spacial score (nSPS) is 22.5. The van der Waals surface area contributed by atoms with Gasteiger partial charge in [0.1, 0.15) is 5.54 Å². The molecule has 1 saturated carbocycles. The Hall–Kier alpha value is -2.22. The Bertz CT molecular complexity index is 764. The number of hydrogen-bond acceptors (Lipinski definition) is 6. The number of nitrogens with zero attached hydrogens (tertiary/aromatic N) is 2. The minimum absolute atomic E-state index is 0.231. The van der Waals surface area contributed by atoms with Crippen molar-refractivity contribution in [3.8, 4) is 10.7 Å². The largest absolute Gasteiger partial charge is 0.480 e. The second-order valence-corrected chi connectivity index (χ2v) is 8.08. The first-order chi connectivity index (χ1) is 13.0. The van der Waals surface area contributed by atoms with E-state index in [-0.39, 0.29) is 12.3 Å². The number of rotatable bonds is 8. The van der Waals surface area contributed by atoms with Gasteiger partial charge >= 0.3 is 5.97 Å². The molecular formula is C19H25N3O4S. The third-order valence-electron chi connectivity index (χ3n) is 5.33. The van der Waals surface area contributed by atoms with Gasteiger partial charge in [-0.05, 0) is 49.5 Å². The minimum atomic E-state index is -1.11. The molecule has 0 bridgehead atoms. The van der Waals surface area contributed by atoms with E-state index in [2.05, 4.69) is 22.4 Å². The lowest BCUT2D eigenvalue weighted by atomic mass is 9.75. The summed E-state index contributed by atoms with van der Waals surface area (Å²) in [5.41, 5.74) is -1.11. The van der Waals surface area contributed by atoms with Gasteiger partial charge in [0.05, 0.1) is 4.88 Å². The maximum atomic E-state index is 12.3. The van der Waals surface area contributed by atoms with Crippen LogP contribution in [0.25, 0.3) is 10.7 Å². The van der Waals surface area contributed by atoms with Crippen molar-refractivity contribution < 1.29 is 19.2 Å². The Kier molecular flexibility index (Phi) is 6.26. The van der Waals surface area contributed by atoms with Gasteiger partial charge in [-0.2, -0.15) is 4.98 Å². The smallest absolute Gasteiger partial charge is 0.329 e. The van der Waals surface area contributed by atoms with Gasteiger partial charge in [-0.3, -0.25) is 4.79 Å². The number of aryl methyl sites for hydroxylation is 1. The van der Waals surface area contributed by atoms with Gasteiger partial charge < -0.3 is 14.9 Å². The highest BCUT2D eigenvalue weighted by Gasteiger charge is 2.42. The van der Waals surface area contributed by atoms with Crippen LogP contribution in [0.1, 0.15) is 57.8 Å². The molecule has 0 aromatic carbocycles. The summed E-state index contributed by atoms with van der Waals surface area (Å²) in [5.74, 6) is 0.447. The van der Waals surface area contributed by atoms with Gasteiger partial charge in [-0.1, -0.05) is 24.6 Å². The lowest BCUT2D eigenvalue weighted by Crippen LogP contribution is -2.56. The molecule has 1 amide bonds. The molecule has 27 heavy (non-hydrogen) atoms. The van der Waals surface area contributed by atoms with Crippen molar-refractivity contribution in [2.24, 2.45) is 5.92 Å². The molecule has 2 N–H and O–H groups in total. The zero-order valence-electron chi connectivity index (χ0n) is 15.4. The van der Waals surface area contributed by atoms with Crippen molar-refractivity contribution in [2.45, 2.75) is 63.8 Å². The second-order valence-electron chi connectivity index (χ2n) is 7.13. The lowest BCUT2D eigenvalue weighted by Gasteiger charge is -2.37. The van der Waals surface area contributed by atoms with Crippen LogP contribution < -0.4 is 5.32 Å². The molecule has 0 radical (unpaired) electrons. The van der Waals surface area contributed by atoms with E-state index < -0.39 is 11.5 Å². The molecule has 2 heterocycles. The molecule has 0 spiro atoms. The SMILES string of the molecule is CCC1CCC(NC(=O)CCCc2nc(-c3cccs3)no2)(C(=O)O)CC1. The van der Waals surface area contributed by atoms with E-state index in [0.29, 0.717) is 43.3 Å². The first kappa shape index (κ1) is 19.5. The summed E-state index contributed by atoms with van der Waals surface area (Å²) in [6.07, 6.45) is 5.01. The molecule has 3 rings (SSSR count). The molecule has 7 nitrogen and oxygen atoms in total. The van der Waals surface area contributed by atoms with Crippen molar-refractivity contribution in [1.29, 1.82) is 0 Å². The van der Waals surface area contributed by atoms with Crippen LogP contribution in [0.5, 0.6) is 0 Å². The topological polar surface area (TPSA) is 105 Å². The molecular weight excluding hydrogens is 366 g/mol. The van der Waals surface area contributed by atoms with Crippen molar-refractivity contribution in [2.75, 3.05) is 0 Å². The Labute approximate surface area is 162 Å². The van der Waals surface area contributed by atoms with Crippen molar-refractivity contribution in [3.05, 3.63) is 23.4 Å². The summed E-state index contributed by atoms with van der Waals surface area (Å²) in [7, 11) is 0. The summed E-state index contributed by atoms with van der Waals surface area (Å²) in [6, 6.07) is 3.85. The number of aliphatic carboxylic acids is 1. The third-order valence-corrected chi connectivity index (χ3v) is 6.19. The van der Waals surface area contributed by atoms with E-state index in [4.69, 9.17) is 4.52 Å². The Balaban J connectivity index is 1.48. The molecule has 146 valence electrons. The van der Waals surface area contributed by atoms with Gasteiger partial charge in [-0.15, -0.1) is 11.3 Å². The number of carbonyl (C=O) groups excluding carboxylic acids is 1. The van der Waals surface area contributed by atoms with Crippen LogP contribution in [-0.4, -0.2) is 32.7 Å². The molecule has 1 fully saturated rings. The molecule has 0 atom stereocenters. The molecule has 8 heteroatoms. The maximum absolute atomic E-state index is 12.3. The Morgan fingerprint density at radius 1 is 1.41 bits per heavy atom. The number of aromatic nitrogens is 2. The highest BCUT2D eigenvalue weighted by Crippen LogP contribution is 2.34. The fraction of sp³-hybridized carbons (Fsp3) is 0.579. The number of amides is 1. The first-order valence-electron chi connectivity index (χ1n) is 9.43. The van der Waals surface area contributed by atoms with E-state index in [1.54, 1.807) is 0 Å². The van der Waals surface area contributed by atoms with Gasteiger partial charge in [0.2, 0.25) is 17.6 Å². The zero-order chi connectivity index (χ0) is 19.3. The van der Waals surface area contributed by atoms with Crippen LogP contribution in [0, 0.1) is 5.92 Å². The minimum Gasteiger partial charge on any atom is -0.480 e. The lowest BCUT2D eigenvalue weighted by molar-refractivity contribution is -0.149. The van der Waals surface area contributed by atoms with Crippen LogP contribution in [0.15, 0.2) is 22.0 Å². The molecule has 0 aliphatic heterocycles. The fourth-order valence-electron chi connectivity index (χ4n) is 3.56. The predicted octanol–water partition coefficient (Wildman–Crippen LogP) is 3.66. The van der Waals surface area contributed by atoms with E-state index in [9.17, 15) is 14.7 Å². The number of hydrogen-bond donors (Lipinski definition) is 2. The number of nitrogens with one attached hydrogen (secondary N) is 1. The van der Waals surface area contributed by atoms with Crippen LogP contribution in [0.2, 0.25) is 0 Å². The quantitative estimate of drug-likeness (QED) is 0.711. The fourth-order valence-corrected chi connectivity index (χ4v) is 4.21. The monoisotopic (exact) mass is 391 g/mol. The van der Waals surface area contributed by atoms with Gasteiger partial charge in [0, 0.05) is 12.8 Å². The number of thiophene rings is 1. The summed E-state index contributed by atoms with van der Waals surface area (Å²) < 4.78 is 5.22. The Morgan fingerprint density at radius 2 is 2.19 bits per heavy atom. The average Bonchev–Trinajstić information content (AvgIpc) is 3.33. The van der Waals surface area contributed by atoms with Gasteiger partial charge in [-0.25, -0.2) is 4.79 Å². The highest BCUT2D eigenvalue weighted by atomic mass is 32.1. The second kappa shape index (κ2) is 8.65. The molecule has 1 aliphatic rings. The first-order valence-corrected chi connectivity index (χ1v) is 10.3. The highest BCUT2D eigenvalue weighted by molar-refractivity contribution is 7.13. The summed E-state index contributed by atoms with van der Waals surface area (Å²) in [4.78, 5) is 29.4. The van der Waals surface area contributed by atoms with Crippen molar-refractivity contribution in [1.82, 2.24) is 15.5 Å². The number of carboxylic acid groups (broad SMARTS) is 1. The number of carboxylic acids is 1. The van der Waals surface area contributed by atoms with Crippen LogP contribution in [-0.2, 0) is 16.0 Å². The molecule has 0 unspecified atom stereocenters. The number of carbonyl (C=O) groups is 2. The van der Waals surface area contributed by atoms with Crippen molar-refractivity contribution in [3.63, 3.8) is 0 Å². The van der Waals surface area contributed by atoms with Crippen LogP contribution in [0.4, 0.5) is 0 Å². The summed E-state index contributed by atoms with van der Waals surface area (Å²) in [5, 5.41) is 18.3. The predicted molar refractivity (Wildman–Crippen MR) is 101 cm³/mol. The maximum Gasteiger partial charge on any atom is 0.329 e. The van der Waals surface area contributed by atoms with Crippen molar-refractivity contribution >= 4 is 23.2 Å². The van der Waals surface area contributed by atoms with E-state index >= 15 is 0 Å². The standard InChI is InChI=1S/C19H25N3O4S/c1-2-13-8-10-19(11-9-13,18(24)25)21-15(23)6-3-7-16-20-17(22-26-16)14-5-4-12-27-14/h4-5,12-13H,2-3,6-11H2,1H3,(H,21,23)(H,24,25). The average molecular weight is 391 g/mol. The van der Waals surface area contributed by atoms with Crippen LogP contribution in [0.3, 0.4) is 0 Å².